The van der Waals surface area contributed by atoms with Crippen LogP contribution in [-0.4, -0.2) is 80.7 Å². The van der Waals surface area contributed by atoms with Crippen LogP contribution in [-0.2, 0) is 14.3 Å². The second-order valence-corrected chi connectivity index (χ2v) is 8.52. The van der Waals surface area contributed by atoms with E-state index in [0.29, 0.717) is 63.1 Å². The number of amides is 3. The van der Waals surface area contributed by atoms with Gasteiger partial charge in [0.2, 0.25) is 5.91 Å². The highest BCUT2D eigenvalue weighted by molar-refractivity contribution is 5.99. The van der Waals surface area contributed by atoms with E-state index in [1.165, 1.54) is 4.90 Å². The summed E-state index contributed by atoms with van der Waals surface area (Å²) >= 11 is 0. The molecule has 0 saturated heterocycles. The molecule has 3 amide bonds. The Morgan fingerprint density at radius 2 is 1.79 bits per heavy atom. The van der Waals surface area contributed by atoms with E-state index in [-0.39, 0.29) is 18.4 Å². The molecule has 9 heteroatoms. The summed E-state index contributed by atoms with van der Waals surface area (Å²) in [6.45, 7) is 8.26. The van der Waals surface area contributed by atoms with Gasteiger partial charge in [-0.2, -0.15) is 5.10 Å². The van der Waals surface area contributed by atoms with Crippen molar-refractivity contribution < 1.29 is 25.2 Å². The number of urea groups is 1. The Kier molecular flexibility index (Phi) is 13.4. The van der Waals surface area contributed by atoms with E-state index in [1.54, 1.807) is 38.1 Å². The van der Waals surface area contributed by atoms with Crippen LogP contribution in [0, 0.1) is 5.92 Å². The molecular weight excluding hydrogens is 436 g/mol. The molecule has 1 aromatic rings. The summed E-state index contributed by atoms with van der Waals surface area (Å²) in [7, 11) is 3.36. The molecule has 1 aromatic carbocycles. The van der Waals surface area contributed by atoms with Gasteiger partial charge in [0.1, 0.15) is 13.4 Å². The highest BCUT2D eigenvalue weighted by Gasteiger charge is 2.13. The molecule has 1 rings (SSSR count). The Morgan fingerprint density at radius 3 is 2.44 bits per heavy atom. The lowest BCUT2D eigenvalue weighted by molar-refractivity contribution is -0.131. The summed E-state index contributed by atoms with van der Waals surface area (Å²) in [5.41, 5.74) is 3.98. The maximum atomic E-state index is 12.3. The summed E-state index contributed by atoms with van der Waals surface area (Å²) in [5, 5.41) is 4.15. The van der Waals surface area contributed by atoms with Crippen LogP contribution >= 0.6 is 0 Å². The first-order chi connectivity index (χ1) is 16.6. The van der Waals surface area contributed by atoms with Gasteiger partial charge in [0.15, 0.2) is 0 Å². The molecule has 0 bridgehead atoms. The number of aldehydes is 1. The number of benzene rings is 1. The molecule has 0 spiro atoms. The molecule has 190 valence electrons. The molecule has 0 atom stereocenters. The number of nitrogens with one attached hydrogen (secondary N) is 1. The van der Waals surface area contributed by atoms with Gasteiger partial charge in [-0.1, -0.05) is 13.8 Å². The lowest BCUT2D eigenvalue weighted by Gasteiger charge is -2.22. The van der Waals surface area contributed by atoms with Crippen molar-refractivity contribution in [1.29, 1.82) is 0 Å². The van der Waals surface area contributed by atoms with Crippen LogP contribution in [0.1, 0.15) is 53.4 Å². The van der Waals surface area contributed by atoms with Gasteiger partial charge in [-0.15, -0.1) is 0 Å². The maximum Gasteiger partial charge on any atom is 0.337 e. The van der Waals surface area contributed by atoms with E-state index in [4.69, 9.17) is 10.8 Å². The largest absolute Gasteiger partial charge is 0.494 e. The van der Waals surface area contributed by atoms with Crippen LogP contribution < -0.4 is 10.2 Å². The molecule has 0 radical (unpaired) electrons. The Bertz CT molecular complexity index is 830. The highest BCUT2D eigenvalue weighted by Crippen LogP contribution is 2.13. The van der Waals surface area contributed by atoms with Crippen LogP contribution in [0.2, 0.25) is 0 Å². The fraction of sp³-hybridized carbons (Fsp3) is 0.600. The van der Waals surface area contributed by atoms with Crippen molar-refractivity contribution in [1.82, 2.24) is 15.2 Å². The monoisotopic (exact) mass is 478 g/mol. The maximum absolute atomic E-state index is 12.3. The fourth-order valence-corrected chi connectivity index (χ4v) is 2.71. The minimum absolute atomic E-state index is 0.0190. The number of rotatable bonds is 16. The third-order valence-corrected chi connectivity index (χ3v) is 5.13. The number of carbonyl (C=O) groups is 3. The van der Waals surface area contributed by atoms with Crippen molar-refractivity contribution in [3.63, 3.8) is 0 Å². The first-order valence-electron chi connectivity index (χ1n) is 12.2. The van der Waals surface area contributed by atoms with Gasteiger partial charge < -0.3 is 24.1 Å². The van der Waals surface area contributed by atoms with Crippen molar-refractivity contribution >= 4 is 23.9 Å². The SMILES string of the molecule is [3H]C(=O)CCCOc1ccc(/C(C)=N\NC(=O)N(C)CCN(C)C(=O)CCOCCC(C)C)cc1. The van der Waals surface area contributed by atoms with Crippen molar-refractivity contribution in [2.75, 3.05) is 47.0 Å². The Hall–Kier alpha value is -2.94. The van der Waals surface area contributed by atoms with E-state index in [0.717, 1.165) is 12.0 Å². The molecule has 0 aliphatic heterocycles. The van der Waals surface area contributed by atoms with Crippen LogP contribution in [0.15, 0.2) is 29.4 Å². The van der Waals surface area contributed by atoms with Gasteiger partial charge in [-0.25, -0.2) is 10.2 Å². The molecule has 9 nitrogen and oxygen atoms in total. The van der Waals surface area contributed by atoms with Crippen LogP contribution in [0.3, 0.4) is 0 Å². The first-order valence-corrected chi connectivity index (χ1v) is 11.7. The van der Waals surface area contributed by atoms with Crippen LogP contribution in [0.5, 0.6) is 5.75 Å². The zero-order valence-electron chi connectivity index (χ0n) is 22.1. The predicted octanol–water partition coefficient (Wildman–Crippen LogP) is 3.32. The number of likely N-dealkylation sites (N-methyl/N-ethyl adjacent to an activating group) is 2. The van der Waals surface area contributed by atoms with Gasteiger partial charge in [0.25, 0.3) is 0 Å². The molecule has 0 unspecified atom stereocenters. The first kappa shape index (κ1) is 27.3. The topological polar surface area (TPSA) is 101 Å². The number of ether oxygens (including phenoxy) is 2. The van der Waals surface area contributed by atoms with Gasteiger partial charge >= 0.3 is 6.03 Å². The van der Waals surface area contributed by atoms with Crippen molar-refractivity contribution in [3.05, 3.63) is 29.8 Å². The number of nitrogens with zero attached hydrogens (tertiary/aromatic N) is 3. The zero-order valence-corrected chi connectivity index (χ0v) is 21.1. The lowest BCUT2D eigenvalue weighted by Crippen LogP contribution is -2.41. The van der Waals surface area contributed by atoms with Crippen molar-refractivity contribution in [2.24, 2.45) is 11.0 Å². The van der Waals surface area contributed by atoms with Crippen molar-refractivity contribution in [3.8, 4) is 5.75 Å². The third kappa shape index (κ3) is 12.3. The predicted molar refractivity (Wildman–Crippen MR) is 133 cm³/mol. The van der Waals surface area contributed by atoms with Crippen LogP contribution in [0.4, 0.5) is 4.79 Å². The Labute approximate surface area is 204 Å². The summed E-state index contributed by atoms with van der Waals surface area (Å²) in [6.07, 6.45) is 1.38. The smallest absolute Gasteiger partial charge is 0.337 e. The molecule has 0 heterocycles. The fourth-order valence-electron chi connectivity index (χ4n) is 2.71. The number of hydrogen-bond acceptors (Lipinski definition) is 6. The molecule has 1 N–H and O–H groups in total. The number of carbonyl (C=O) groups excluding carboxylic acids is 3. The average Bonchev–Trinajstić information content (AvgIpc) is 2.82. The summed E-state index contributed by atoms with van der Waals surface area (Å²) in [5.74, 6) is 1.21. The third-order valence-electron chi connectivity index (χ3n) is 5.13. The van der Waals surface area contributed by atoms with E-state index >= 15 is 0 Å². The molecule has 0 saturated carbocycles. The van der Waals surface area contributed by atoms with Crippen molar-refractivity contribution in [2.45, 2.75) is 46.5 Å². The van der Waals surface area contributed by atoms with Gasteiger partial charge in [-0.3, -0.25) is 4.79 Å². The van der Waals surface area contributed by atoms with Gasteiger partial charge in [0, 0.05) is 40.2 Å². The van der Waals surface area contributed by atoms with Gasteiger partial charge in [0.05, 0.1) is 25.3 Å². The lowest BCUT2D eigenvalue weighted by atomic mass is 10.1. The van der Waals surface area contributed by atoms with E-state index in [9.17, 15) is 14.4 Å². The second-order valence-electron chi connectivity index (χ2n) is 8.52. The van der Waals surface area contributed by atoms with E-state index in [2.05, 4.69) is 24.4 Å². The summed E-state index contributed by atoms with van der Waals surface area (Å²) in [6, 6.07) is 6.85. The molecule has 0 aliphatic carbocycles. The average molecular weight is 479 g/mol. The van der Waals surface area contributed by atoms with E-state index < -0.39 is 6.26 Å². The van der Waals surface area contributed by atoms with E-state index in [1.807, 2.05) is 12.1 Å². The molecule has 0 aromatic heterocycles. The number of hydrogen-bond donors (Lipinski definition) is 1. The Morgan fingerprint density at radius 1 is 1.12 bits per heavy atom. The zero-order chi connectivity index (χ0) is 26.2. The summed E-state index contributed by atoms with van der Waals surface area (Å²) in [4.78, 5) is 38.2. The minimum Gasteiger partial charge on any atom is -0.494 e. The molecule has 34 heavy (non-hydrogen) atoms. The molecule has 0 aliphatic rings. The summed E-state index contributed by atoms with van der Waals surface area (Å²) < 4.78 is 17.9. The highest BCUT2D eigenvalue weighted by atomic mass is 16.5. The van der Waals surface area contributed by atoms with Crippen LogP contribution in [0.25, 0.3) is 0 Å². The quantitative estimate of drug-likeness (QED) is 0.170. The Balaban J connectivity index is 2.36. The molecular formula is C25H40N4O5. The van der Waals surface area contributed by atoms with Gasteiger partial charge in [-0.05, 0) is 55.5 Å². The minimum atomic E-state index is -0.595. The second kappa shape index (κ2) is 16.6. The molecule has 0 fully saturated rings. The normalized spacial score (nSPS) is 11.7. The number of hydrazone groups is 1. The standard InChI is InChI=1S/C25H40N4O5/c1-20(2)12-18-33-19-13-24(31)28(4)14-15-29(5)25(32)27-26-21(3)22-8-10-23(11-9-22)34-17-7-6-16-30/h8-11,16,20H,6-7,12-15,17-19H2,1-5H3,(H,27,32)/b26-21-/i16T.